The van der Waals surface area contributed by atoms with Crippen LogP contribution < -0.4 is 5.32 Å². The van der Waals surface area contributed by atoms with Gasteiger partial charge in [0.2, 0.25) is 0 Å². The van der Waals surface area contributed by atoms with Gasteiger partial charge in [0.25, 0.3) is 0 Å². The summed E-state index contributed by atoms with van der Waals surface area (Å²) in [4.78, 5) is 13.5. The van der Waals surface area contributed by atoms with E-state index in [1.807, 2.05) is 0 Å². The molecule has 1 aliphatic heterocycles. The fourth-order valence-corrected chi connectivity index (χ4v) is 2.46. The van der Waals surface area contributed by atoms with E-state index in [1.54, 1.807) is 14.0 Å². The third-order valence-electron chi connectivity index (χ3n) is 3.73. The van der Waals surface area contributed by atoms with Crippen LogP contribution in [0.2, 0.25) is 0 Å². The van der Waals surface area contributed by atoms with E-state index in [2.05, 4.69) is 24.1 Å². The summed E-state index contributed by atoms with van der Waals surface area (Å²) in [6, 6.07) is 0.534. The first-order valence-electron chi connectivity index (χ1n) is 6.07. The highest BCUT2D eigenvalue weighted by molar-refractivity contribution is 5.78. The summed E-state index contributed by atoms with van der Waals surface area (Å²) in [5.41, 5.74) is -0.836. The van der Waals surface area contributed by atoms with Crippen LogP contribution in [-0.2, 0) is 4.79 Å². The number of aliphatic carboxylic acids is 1. The molecule has 1 fully saturated rings. The smallest absolute Gasteiger partial charge is 0.324 e. The van der Waals surface area contributed by atoms with Crippen molar-refractivity contribution in [2.75, 3.05) is 20.1 Å². The standard InChI is InChI=1S/C12H24N2O2/c1-9(2)10-6-5-7-14(10)8-12(3,13-4)11(15)16/h9-10,13H,5-8H2,1-4H3,(H,15,16). The van der Waals surface area contributed by atoms with Gasteiger partial charge >= 0.3 is 5.97 Å². The number of hydrogen-bond donors (Lipinski definition) is 2. The molecule has 0 saturated carbocycles. The van der Waals surface area contributed by atoms with Gasteiger partial charge in [-0.05, 0) is 39.3 Å². The second kappa shape index (κ2) is 5.15. The zero-order valence-electron chi connectivity index (χ0n) is 10.8. The topological polar surface area (TPSA) is 52.6 Å². The van der Waals surface area contributed by atoms with Crippen molar-refractivity contribution in [3.05, 3.63) is 0 Å². The Hall–Kier alpha value is -0.610. The number of carboxylic acids is 1. The summed E-state index contributed by atoms with van der Waals surface area (Å²) in [7, 11) is 1.72. The van der Waals surface area contributed by atoms with E-state index in [-0.39, 0.29) is 0 Å². The minimum atomic E-state index is -0.836. The highest BCUT2D eigenvalue weighted by Crippen LogP contribution is 2.25. The fraction of sp³-hybridized carbons (Fsp3) is 0.917. The zero-order valence-corrected chi connectivity index (χ0v) is 10.8. The monoisotopic (exact) mass is 228 g/mol. The van der Waals surface area contributed by atoms with E-state index in [0.717, 1.165) is 6.54 Å². The SMILES string of the molecule is CNC(C)(CN1CCCC1C(C)C)C(=O)O. The molecule has 1 aliphatic rings. The van der Waals surface area contributed by atoms with Crippen molar-refractivity contribution in [1.29, 1.82) is 0 Å². The van der Waals surface area contributed by atoms with Crippen LogP contribution >= 0.6 is 0 Å². The lowest BCUT2D eigenvalue weighted by atomic mass is 9.98. The summed E-state index contributed by atoms with van der Waals surface area (Å²) in [5, 5.41) is 12.2. The van der Waals surface area contributed by atoms with Crippen molar-refractivity contribution in [2.24, 2.45) is 5.92 Å². The molecule has 0 aromatic heterocycles. The summed E-state index contributed by atoms with van der Waals surface area (Å²) in [5.74, 6) is -0.179. The molecule has 0 radical (unpaired) electrons. The van der Waals surface area contributed by atoms with Crippen LogP contribution in [0.5, 0.6) is 0 Å². The molecule has 1 rings (SSSR count). The molecule has 0 bridgehead atoms. The minimum Gasteiger partial charge on any atom is -0.480 e. The quantitative estimate of drug-likeness (QED) is 0.741. The van der Waals surface area contributed by atoms with Crippen molar-refractivity contribution < 1.29 is 9.90 Å². The molecule has 1 saturated heterocycles. The average molecular weight is 228 g/mol. The average Bonchev–Trinajstić information content (AvgIpc) is 2.65. The number of hydrogen-bond acceptors (Lipinski definition) is 3. The second-order valence-electron chi connectivity index (χ2n) is 5.31. The molecule has 16 heavy (non-hydrogen) atoms. The van der Waals surface area contributed by atoms with Crippen molar-refractivity contribution in [1.82, 2.24) is 10.2 Å². The van der Waals surface area contributed by atoms with Crippen LogP contribution in [0.1, 0.15) is 33.6 Å². The first kappa shape index (κ1) is 13.5. The Labute approximate surface area is 98.0 Å². The molecule has 0 aromatic carbocycles. The van der Waals surface area contributed by atoms with E-state index in [1.165, 1.54) is 12.8 Å². The molecule has 2 N–H and O–H groups in total. The maximum atomic E-state index is 11.2. The maximum absolute atomic E-state index is 11.2. The Kier molecular flexibility index (Phi) is 4.33. The van der Waals surface area contributed by atoms with Crippen molar-refractivity contribution in [3.63, 3.8) is 0 Å². The molecule has 0 spiro atoms. The number of nitrogens with zero attached hydrogens (tertiary/aromatic N) is 1. The van der Waals surface area contributed by atoms with Crippen LogP contribution in [0.15, 0.2) is 0 Å². The number of carboxylic acid groups (broad SMARTS) is 1. The Morgan fingerprint density at radius 3 is 2.69 bits per heavy atom. The molecule has 2 unspecified atom stereocenters. The molecule has 1 heterocycles. The number of likely N-dealkylation sites (N-methyl/N-ethyl adjacent to an activating group) is 1. The number of likely N-dealkylation sites (tertiary alicyclic amines) is 1. The van der Waals surface area contributed by atoms with Gasteiger partial charge in [0.15, 0.2) is 0 Å². The minimum absolute atomic E-state index is 0.534. The van der Waals surface area contributed by atoms with E-state index < -0.39 is 11.5 Å². The van der Waals surface area contributed by atoms with Gasteiger partial charge in [-0.3, -0.25) is 9.69 Å². The molecule has 2 atom stereocenters. The Balaban J connectivity index is 2.68. The molecular formula is C12H24N2O2. The predicted molar refractivity (Wildman–Crippen MR) is 64.5 cm³/mol. The van der Waals surface area contributed by atoms with Gasteiger partial charge in [0.1, 0.15) is 5.54 Å². The molecule has 4 nitrogen and oxygen atoms in total. The van der Waals surface area contributed by atoms with Gasteiger partial charge in [-0.1, -0.05) is 13.8 Å². The second-order valence-corrected chi connectivity index (χ2v) is 5.31. The third-order valence-corrected chi connectivity index (χ3v) is 3.73. The Morgan fingerprint density at radius 1 is 1.62 bits per heavy atom. The van der Waals surface area contributed by atoms with Gasteiger partial charge in [0, 0.05) is 12.6 Å². The lowest BCUT2D eigenvalue weighted by molar-refractivity contribution is -0.145. The van der Waals surface area contributed by atoms with Crippen LogP contribution in [0.4, 0.5) is 0 Å². The summed E-state index contributed by atoms with van der Waals surface area (Å²) < 4.78 is 0. The van der Waals surface area contributed by atoms with Crippen LogP contribution in [0.3, 0.4) is 0 Å². The van der Waals surface area contributed by atoms with Gasteiger partial charge in [0.05, 0.1) is 0 Å². The van der Waals surface area contributed by atoms with Crippen molar-refractivity contribution in [3.8, 4) is 0 Å². The van der Waals surface area contributed by atoms with Gasteiger partial charge < -0.3 is 10.4 Å². The lowest BCUT2D eigenvalue weighted by Gasteiger charge is -2.34. The van der Waals surface area contributed by atoms with Crippen LogP contribution in [-0.4, -0.2) is 47.7 Å². The van der Waals surface area contributed by atoms with E-state index in [9.17, 15) is 9.90 Å². The lowest BCUT2D eigenvalue weighted by Crippen LogP contribution is -2.56. The summed E-state index contributed by atoms with van der Waals surface area (Å²) in [6.45, 7) is 7.78. The maximum Gasteiger partial charge on any atom is 0.324 e. The van der Waals surface area contributed by atoms with Gasteiger partial charge in [-0.25, -0.2) is 0 Å². The first-order valence-corrected chi connectivity index (χ1v) is 6.07. The highest BCUT2D eigenvalue weighted by atomic mass is 16.4. The molecule has 4 heteroatoms. The summed E-state index contributed by atoms with van der Waals surface area (Å²) in [6.07, 6.45) is 2.37. The Bertz CT molecular complexity index is 255. The third kappa shape index (κ3) is 2.74. The number of nitrogens with one attached hydrogen (secondary N) is 1. The van der Waals surface area contributed by atoms with Gasteiger partial charge in [-0.2, -0.15) is 0 Å². The van der Waals surface area contributed by atoms with Crippen molar-refractivity contribution >= 4 is 5.97 Å². The van der Waals surface area contributed by atoms with Crippen molar-refractivity contribution in [2.45, 2.75) is 45.2 Å². The van der Waals surface area contributed by atoms with Gasteiger partial charge in [-0.15, -0.1) is 0 Å². The fourth-order valence-electron chi connectivity index (χ4n) is 2.46. The molecule has 0 aromatic rings. The number of rotatable bonds is 5. The molecule has 0 amide bonds. The van der Waals surface area contributed by atoms with E-state index >= 15 is 0 Å². The van der Waals surface area contributed by atoms with E-state index in [0.29, 0.717) is 18.5 Å². The van der Waals surface area contributed by atoms with Crippen LogP contribution in [0, 0.1) is 5.92 Å². The summed E-state index contributed by atoms with van der Waals surface area (Å²) >= 11 is 0. The highest BCUT2D eigenvalue weighted by Gasteiger charge is 2.37. The largest absolute Gasteiger partial charge is 0.480 e. The first-order chi connectivity index (χ1) is 7.40. The Morgan fingerprint density at radius 2 is 2.25 bits per heavy atom. The predicted octanol–water partition coefficient (Wildman–Crippen LogP) is 1.17. The van der Waals surface area contributed by atoms with Crippen LogP contribution in [0.25, 0.3) is 0 Å². The molecule has 94 valence electrons. The molecule has 0 aliphatic carbocycles. The zero-order chi connectivity index (χ0) is 12.3. The molecular weight excluding hydrogens is 204 g/mol. The normalized spacial score (nSPS) is 25.9. The van der Waals surface area contributed by atoms with E-state index in [4.69, 9.17) is 0 Å². The number of carbonyl (C=O) groups is 1.